The summed E-state index contributed by atoms with van der Waals surface area (Å²) < 4.78 is 29.3. The third-order valence-corrected chi connectivity index (χ3v) is 4.17. The second kappa shape index (κ2) is 14.4. The van der Waals surface area contributed by atoms with Crippen LogP contribution >= 0.6 is 0 Å². The van der Waals surface area contributed by atoms with E-state index < -0.39 is 0 Å². The Balaban J connectivity index is 1.75. The normalized spacial score (nSPS) is 11.4. The molecule has 0 bridgehead atoms. The third-order valence-electron chi connectivity index (χ3n) is 4.17. The first-order valence-electron chi connectivity index (χ1n) is 10.3. The summed E-state index contributed by atoms with van der Waals surface area (Å²) in [4.78, 5) is 4.62. The van der Waals surface area contributed by atoms with Crippen LogP contribution in [0.25, 0.3) is 0 Å². The fourth-order valence-electron chi connectivity index (χ4n) is 2.62. The Bertz CT molecular complexity index is 754. The van der Waals surface area contributed by atoms with Crippen molar-refractivity contribution in [2.45, 2.75) is 26.5 Å². The van der Waals surface area contributed by atoms with Gasteiger partial charge in [0.25, 0.3) is 0 Å². The van der Waals surface area contributed by atoms with Crippen molar-refractivity contribution in [2.24, 2.45) is 4.99 Å². The van der Waals surface area contributed by atoms with Gasteiger partial charge in [0.15, 0.2) is 5.96 Å². The molecule has 0 amide bonds. The van der Waals surface area contributed by atoms with Gasteiger partial charge in [0.2, 0.25) is 0 Å². The van der Waals surface area contributed by atoms with Crippen LogP contribution in [0.3, 0.4) is 0 Å². The van der Waals surface area contributed by atoms with E-state index in [2.05, 4.69) is 15.6 Å². The first-order chi connectivity index (χ1) is 14.7. The van der Waals surface area contributed by atoms with Gasteiger partial charge < -0.3 is 24.8 Å². The molecule has 0 unspecified atom stereocenters. The molecule has 164 valence electrons. The second-order valence-electron chi connectivity index (χ2n) is 6.64. The lowest BCUT2D eigenvalue weighted by Crippen LogP contribution is -2.38. The van der Waals surface area contributed by atoms with Gasteiger partial charge in [-0.1, -0.05) is 24.3 Å². The standard InChI is InChI=1S/C23H32FN3O3/c1-3-25-23(26-12-5-13-29-15-14-28-2)27-17-19-8-10-22(11-9-19)30-18-20-6-4-7-21(24)16-20/h4,6-11,16H,3,5,12-15,17-18H2,1-2H3,(H2,25,26,27). The van der Waals surface area contributed by atoms with E-state index in [1.54, 1.807) is 13.2 Å². The van der Waals surface area contributed by atoms with Crippen molar-refractivity contribution < 1.29 is 18.6 Å². The smallest absolute Gasteiger partial charge is 0.191 e. The van der Waals surface area contributed by atoms with Gasteiger partial charge in [0, 0.05) is 26.8 Å². The fraction of sp³-hybridized carbons (Fsp3) is 0.435. The molecule has 0 radical (unpaired) electrons. The highest BCUT2D eigenvalue weighted by atomic mass is 19.1. The molecule has 0 aliphatic heterocycles. The van der Waals surface area contributed by atoms with Crippen LogP contribution in [-0.2, 0) is 22.6 Å². The monoisotopic (exact) mass is 417 g/mol. The zero-order valence-electron chi connectivity index (χ0n) is 17.8. The minimum absolute atomic E-state index is 0.256. The zero-order valence-corrected chi connectivity index (χ0v) is 17.8. The highest BCUT2D eigenvalue weighted by Crippen LogP contribution is 2.15. The van der Waals surface area contributed by atoms with E-state index in [4.69, 9.17) is 14.2 Å². The van der Waals surface area contributed by atoms with Crippen LogP contribution in [0.15, 0.2) is 53.5 Å². The summed E-state index contributed by atoms with van der Waals surface area (Å²) in [6.45, 7) is 6.43. The van der Waals surface area contributed by atoms with Gasteiger partial charge in [-0.2, -0.15) is 0 Å². The molecule has 30 heavy (non-hydrogen) atoms. The van der Waals surface area contributed by atoms with Gasteiger partial charge in [-0.05, 0) is 48.7 Å². The number of rotatable bonds is 13. The highest BCUT2D eigenvalue weighted by Gasteiger charge is 2.00. The molecule has 6 nitrogen and oxygen atoms in total. The fourth-order valence-corrected chi connectivity index (χ4v) is 2.62. The van der Waals surface area contributed by atoms with Gasteiger partial charge in [-0.25, -0.2) is 9.38 Å². The number of methoxy groups -OCH3 is 1. The molecule has 0 aliphatic rings. The number of benzene rings is 2. The molecule has 0 saturated heterocycles. The van der Waals surface area contributed by atoms with E-state index in [-0.39, 0.29) is 5.82 Å². The number of hydrogen-bond acceptors (Lipinski definition) is 4. The predicted molar refractivity (Wildman–Crippen MR) is 117 cm³/mol. The second-order valence-corrected chi connectivity index (χ2v) is 6.64. The lowest BCUT2D eigenvalue weighted by molar-refractivity contribution is 0.0698. The number of aliphatic imine (C=N–C) groups is 1. The zero-order chi connectivity index (χ0) is 21.4. The molecular weight excluding hydrogens is 385 g/mol. The Morgan fingerprint density at radius 3 is 2.57 bits per heavy atom. The number of halogens is 1. The lowest BCUT2D eigenvalue weighted by Gasteiger charge is -2.11. The molecule has 2 aromatic carbocycles. The summed E-state index contributed by atoms with van der Waals surface area (Å²) >= 11 is 0. The van der Waals surface area contributed by atoms with Crippen molar-refractivity contribution in [1.82, 2.24) is 10.6 Å². The van der Waals surface area contributed by atoms with Crippen LogP contribution in [0.5, 0.6) is 5.75 Å². The molecule has 2 N–H and O–H groups in total. The van der Waals surface area contributed by atoms with Crippen molar-refractivity contribution >= 4 is 5.96 Å². The van der Waals surface area contributed by atoms with Crippen LogP contribution < -0.4 is 15.4 Å². The molecule has 0 atom stereocenters. The van der Waals surface area contributed by atoms with Gasteiger partial charge in [0.1, 0.15) is 18.2 Å². The summed E-state index contributed by atoms with van der Waals surface area (Å²) in [6.07, 6.45) is 0.894. The number of guanidine groups is 1. The first-order valence-corrected chi connectivity index (χ1v) is 10.3. The summed E-state index contributed by atoms with van der Waals surface area (Å²) in [5, 5.41) is 6.55. The van der Waals surface area contributed by atoms with Crippen molar-refractivity contribution in [2.75, 3.05) is 40.0 Å². The van der Waals surface area contributed by atoms with Crippen LogP contribution in [0.2, 0.25) is 0 Å². The van der Waals surface area contributed by atoms with Gasteiger partial charge in [-0.3, -0.25) is 0 Å². The van der Waals surface area contributed by atoms with E-state index in [1.807, 2.05) is 37.3 Å². The molecule has 0 aromatic heterocycles. The van der Waals surface area contributed by atoms with Crippen molar-refractivity contribution in [3.8, 4) is 5.75 Å². The Hall–Kier alpha value is -2.64. The van der Waals surface area contributed by atoms with Crippen LogP contribution in [0.4, 0.5) is 4.39 Å². The summed E-state index contributed by atoms with van der Waals surface area (Å²) in [5.41, 5.74) is 1.88. The predicted octanol–water partition coefficient (Wildman–Crippen LogP) is 3.51. The average molecular weight is 418 g/mol. The average Bonchev–Trinajstić information content (AvgIpc) is 2.76. The topological polar surface area (TPSA) is 64.1 Å². The lowest BCUT2D eigenvalue weighted by atomic mass is 10.2. The molecule has 0 fully saturated rings. The van der Waals surface area contributed by atoms with E-state index in [1.165, 1.54) is 12.1 Å². The number of nitrogens with one attached hydrogen (secondary N) is 2. The van der Waals surface area contributed by atoms with Gasteiger partial charge in [-0.15, -0.1) is 0 Å². The summed E-state index contributed by atoms with van der Waals surface area (Å²) in [6, 6.07) is 14.2. The van der Waals surface area contributed by atoms with Crippen molar-refractivity contribution in [3.63, 3.8) is 0 Å². The SMILES string of the molecule is CCNC(=NCc1ccc(OCc2cccc(F)c2)cc1)NCCCOCCOC. The molecule has 0 heterocycles. The van der Waals surface area contributed by atoms with E-state index in [9.17, 15) is 4.39 Å². The minimum atomic E-state index is -0.256. The summed E-state index contributed by atoms with van der Waals surface area (Å²) in [7, 11) is 1.66. The maximum Gasteiger partial charge on any atom is 0.191 e. The molecule has 2 aromatic rings. The van der Waals surface area contributed by atoms with E-state index in [0.717, 1.165) is 42.3 Å². The first kappa shape index (κ1) is 23.6. The maximum atomic E-state index is 13.2. The molecule has 0 aliphatic carbocycles. The number of nitrogens with zero attached hydrogens (tertiary/aromatic N) is 1. The van der Waals surface area contributed by atoms with Crippen LogP contribution in [-0.4, -0.2) is 46.0 Å². The molecule has 7 heteroatoms. The van der Waals surface area contributed by atoms with Crippen LogP contribution in [0, 0.1) is 5.82 Å². The molecule has 0 saturated carbocycles. The highest BCUT2D eigenvalue weighted by molar-refractivity contribution is 5.79. The minimum Gasteiger partial charge on any atom is -0.489 e. The largest absolute Gasteiger partial charge is 0.489 e. The Morgan fingerprint density at radius 2 is 1.83 bits per heavy atom. The Labute approximate surface area is 178 Å². The van der Waals surface area contributed by atoms with E-state index in [0.29, 0.717) is 33.0 Å². The maximum absolute atomic E-state index is 13.2. The van der Waals surface area contributed by atoms with Gasteiger partial charge in [0.05, 0.1) is 19.8 Å². The Kier molecular flexibility index (Phi) is 11.3. The third kappa shape index (κ3) is 9.71. The molecule has 2 rings (SSSR count). The molecular formula is C23H32FN3O3. The van der Waals surface area contributed by atoms with Crippen molar-refractivity contribution in [3.05, 3.63) is 65.5 Å². The van der Waals surface area contributed by atoms with Crippen LogP contribution in [0.1, 0.15) is 24.5 Å². The van der Waals surface area contributed by atoms with Gasteiger partial charge >= 0.3 is 0 Å². The Morgan fingerprint density at radius 1 is 1.00 bits per heavy atom. The van der Waals surface area contributed by atoms with Crippen molar-refractivity contribution in [1.29, 1.82) is 0 Å². The van der Waals surface area contributed by atoms with E-state index >= 15 is 0 Å². The summed E-state index contributed by atoms with van der Waals surface area (Å²) in [5.74, 6) is 1.26. The number of ether oxygens (including phenoxy) is 3. The number of hydrogen-bond donors (Lipinski definition) is 2. The quantitative estimate of drug-likeness (QED) is 0.297. The molecule has 0 spiro atoms.